The highest BCUT2D eigenvalue weighted by molar-refractivity contribution is 6.63. The summed E-state index contributed by atoms with van der Waals surface area (Å²) in [5, 5.41) is 18.7. The summed E-state index contributed by atoms with van der Waals surface area (Å²) < 4.78 is 12.7. The van der Waals surface area contributed by atoms with Gasteiger partial charge in [0, 0.05) is 11.2 Å². The molecular weight excluding hydrogens is 301 g/mol. The molecule has 0 radical (unpaired) electrons. The van der Waals surface area contributed by atoms with E-state index in [1.807, 2.05) is 27.7 Å². The molecule has 23 heavy (non-hydrogen) atoms. The van der Waals surface area contributed by atoms with Crippen molar-refractivity contribution in [2.24, 2.45) is 0 Å². The van der Waals surface area contributed by atoms with Crippen molar-refractivity contribution in [1.29, 1.82) is 0 Å². The van der Waals surface area contributed by atoms with Gasteiger partial charge in [-0.3, -0.25) is 0 Å². The highest BCUT2D eigenvalue weighted by Gasteiger charge is 2.53. The van der Waals surface area contributed by atoms with Crippen molar-refractivity contribution < 1.29 is 29.1 Å². The molecular formula is C15H22BNO6. The van der Waals surface area contributed by atoms with Gasteiger partial charge in [-0.25, -0.2) is 14.2 Å². The van der Waals surface area contributed by atoms with E-state index in [1.165, 1.54) is 6.07 Å². The van der Waals surface area contributed by atoms with Crippen LogP contribution in [0.3, 0.4) is 0 Å². The van der Waals surface area contributed by atoms with Crippen molar-refractivity contribution in [3.05, 3.63) is 17.5 Å². The van der Waals surface area contributed by atoms with E-state index in [0.717, 1.165) is 4.57 Å². The van der Waals surface area contributed by atoms with Crippen LogP contribution in [0.15, 0.2) is 6.07 Å². The molecule has 8 heteroatoms. The van der Waals surface area contributed by atoms with Crippen molar-refractivity contribution >= 4 is 24.6 Å². The Bertz CT molecular complexity index is 645. The Labute approximate surface area is 135 Å². The monoisotopic (exact) mass is 323 g/mol. The molecule has 2 rings (SSSR count). The van der Waals surface area contributed by atoms with Crippen LogP contribution in [0, 0.1) is 0 Å². The summed E-state index contributed by atoms with van der Waals surface area (Å²) in [7, 11) is -0.809. The first-order chi connectivity index (χ1) is 10.4. The number of aromatic nitrogens is 1. The van der Waals surface area contributed by atoms with Crippen LogP contribution >= 0.6 is 0 Å². The highest BCUT2D eigenvalue weighted by Crippen LogP contribution is 2.37. The van der Waals surface area contributed by atoms with Gasteiger partial charge in [-0.15, -0.1) is 0 Å². The molecule has 1 saturated heterocycles. The first-order valence-electron chi connectivity index (χ1n) is 7.47. The van der Waals surface area contributed by atoms with Crippen LogP contribution in [0.5, 0.6) is 0 Å². The fraction of sp³-hybridized carbons (Fsp3) is 0.600. The molecule has 2 heterocycles. The third-order valence-electron chi connectivity index (χ3n) is 4.53. The summed E-state index contributed by atoms with van der Waals surface area (Å²) in [6, 6.07) is 1.33. The fourth-order valence-corrected chi connectivity index (χ4v) is 2.66. The standard InChI is InChI=1S/C15H22BNO6/c1-8(2)11-9(7-10(12(18)19)17(11)13(20)21)16-22-14(3,4)15(5,6)23-16/h7-8H,1-6H3,(H,18,19)(H,20,21). The molecule has 0 atom stereocenters. The van der Waals surface area contributed by atoms with E-state index >= 15 is 0 Å². The van der Waals surface area contributed by atoms with Gasteiger partial charge in [-0.2, -0.15) is 0 Å². The van der Waals surface area contributed by atoms with E-state index in [1.54, 1.807) is 13.8 Å². The zero-order valence-corrected chi connectivity index (χ0v) is 14.2. The summed E-state index contributed by atoms with van der Waals surface area (Å²) in [6.07, 6.45) is -1.34. The molecule has 0 bridgehead atoms. The van der Waals surface area contributed by atoms with Gasteiger partial charge in [-0.05, 0) is 39.7 Å². The van der Waals surface area contributed by atoms with Crippen molar-refractivity contribution in [1.82, 2.24) is 4.57 Å². The second kappa shape index (κ2) is 5.38. The van der Waals surface area contributed by atoms with E-state index in [-0.39, 0.29) is 11.6 Å². The largest absolute Gasteiger partial charge is 0.496 e. The number of rotatable bonds is 3. The van der Waals surface area contributed by atoms with Gasteiger partial charge >= 0.3 is 19.2 Å². The molecule has 1 fully saturated rings. The lowest BCUT2D eigenvalue weighted by Gasteiger charge is -2.32. The Balaban J connectivity index is 2.62. The van der Waals surface area contributed by atoms with E-state index in [4.69, 9.17) is 9.31 Å². The van der Waals surface area contributed by atoms with Gasteiger partial charge in [-0.1, -0.05) is 13.8 Å². The molecule has 0 saturated carbocycles. The third kappa shape index (κ3) is 2.77. The predicted octanol–water partition coefficient (Wildman–Crippen LogP) is 2.14. The van der Waals surface area contributed by atoms with E-state index in [2.05, 4.69) is 0 Å². The van der Waals surface area contributed by atoms with Crippen molar-refractivity contribution in [2.75, 3.05) is 0 Å². The predicted molar refractivity (Wildman–Crippen MR) is 84.6 cm³/mol. The molecule has 0 unspecified atom stereocenters. The maximum absolute atomic E-state index is 11.6. The molecule has 0 amide bonds. The van der Waals surface area contributed by atoms with Gasteiger partial charge in [0.25, 0.3) is 0 Å². The zero-order chi connectivity index (χ0) is 17.7. The summed E-state index contributed by atoms with van der Waals surface area (Å²) in [6.45, 7) is 11.1. The summed E-state index contributed by atoms with van der Waals surface area (Å²) in [5.74, 6) is -1.52. The minimum Gasteiger partial charge on any atom is -0.477 e. The maximum atomic E-state index is 11.6. The fourth-order valence-electron chi connectivity index (χ4n) is 2.66. The smallest absolute Gasteiger partial charge is 0.477 e. The number of hydrogen-bond donors (Lipinski definition) is 2. The lowest BCUT2D eigenvalue weighted by molar-refractivity contribution is 0.00578. The second-order valence-electron chi connectivity index (χ2n) is 7.04. The molecule has 0 spiro atoms. The SMILES string of the molecule is CC(C)c1c(B2OC(C)(C)C(C)(C)O2)cc(C(=O)O)n1C(=O)O. The topological polar surface area (TPSA) is 98.0 Å². The Morgan fingerprint density at radius 2 is 1.61 bits per heavy atom. The number of carboxylic acid groups (broad SMARTS) is 2. The number of carboxylic acids is 1. The second-order valence-corrected chi connectivity index (χ2v) is 7.04. The Morgan fingerprint density at radius 1 is 1.13 bits per heavy atom. The van der Waals surface area contributed by atoms with E-state index < -0.39 is 30.4 Å². The molecule has 7 nitrogen and oxygen atoms in total. The van der Waals surface area contributed by atoms with Gasteiger partial charge < -0.3 is 19.5 Å². The molecule has 126 valence electrons. The van der Waals surface area contributed by atoms with Crippen molar-refractivity contribution in [3.63, 3.8) is 0 Å². The molecule has 0 aliphatic carbocycles. The molecule has 1 aliphatic heterocycles. The van der Waals surface area contributed by atoms with Crippen LogP contribution < -0.4 is 5.46 Å². The minimum atomic E-state index is -1.34. The van der Waals surface area contributed by atoms with Gasteiger partial charge in [0.05, 0.1) is 11.2 Å². The number of nitrogens with zero attached hydrogens (tertiary/aromatic N) is 1. The van der Waals surface area contributed by atoms with Gasteiger partial charge in [0.15, 0.2) is 0 Å². The van der Waals surface area contributed by atoms with Crippen LogP contribution in [-0.2, 0) is 9.31 Å². The van der Waals surface area contributed by atoms with E-state index in [9.17, 15) is 19.8 Å². The number of aromatic carboxylic acids is 1. The Hall–Kier alpha value is -1.80. The van der Waals surface area contributed by atoms with Crippen molar-refractivity contribution in [2.45, 2.75) is 58.7 Å². The van der Waals surface area contributed by atoms with Gasteiger partial charge in [0.1, 0.15) is 5.69 Å². The third-order valence-corrected chi connectivity index (χ3v) is 4.53. The maximum Gasteiger partial charge on any atom is 0.496 e. The zero-order valence-electron chi connectivity index (χ0n) is 14.2. The summed E-state index contributed by atoms with van der Waals surface area (Å²) in [5.41, 5.74) is -0.695. The highest BCUT2D eigenvalue weighted by atomic mass is 16.7. The average molecular weight is 323 g/mol. The number of carbonyl (C=O) groups is 2. The molecule has 1 aromatic heterocycles. The van der Waals surface area contributed by atoms with Crippen LogP contribution in [0.4, 0.5) is 4.79 Å². The minimum absolute atomic E-state index is 0.215. The van der Waals surface area contributed by atoms with Crippen LogP contribution in [-0.4, -0.2) is 45.2 Å². The molecule has 2 N–H and O–H groups in total. The average Bonchev–Trinajstić information content (AvgIpc) is 2.85. The lowest BCUT2D eigenvalue weighted by Crippen LogP contribution is -2.41. The summed E-state index contributed by atoms with van der Waals surface area (Å²) in [4.78, 5) is 23.0. The normalized spacial score (nSPS) is 19.3. The van der Waals surface area contributed by atoms with Crippen LogP contribution in [0.25, 0.3) is 0 Å². The van der Waals surface area contributed by atoms with Crippen LogP contribution in [0.1, 0.15) is 63.6 Å². The van der Waals surface area contributed by atoms with Crippen molar-refractivity contribution in [3.8, 4) is 0 Å². The van der Waals surface area contributed by atoms with Gasteiger partial charge in [0.2, 0.25) is 0 Å². The Morgan fingerprint density at radius 3 is 1.96 bits per heavy atom. The first-order valence-corrected chi connectivity index (χ1v) is 7.47. The quantitative estimate of drug-likeness (QED) is 0.827. The lowest BCUT2D eigenvalue weighted by atomic mass is 9.77. The number of hydrogen-bond acceptors (Lipinski definition) is 4. The summed E-state index contributed by atoms with van der Waals surface area (Å²) >= 11 is 0. The molecule has 1 aliphatic rings. The molecule has 0 aromatic carbocycles. The van der Waals surface area contributed by atoms with Crippen LogP contribution in [0.2, 0.25) is 0 Å². The Kier molecular flexibility index (Phi) is 4.11. The first kappa shape index (κ1) is 17.6. The van der Waals surface area contributed by atoms with E-state index in [0.29, 0.717) is 11.2 Å². The molecule has 1 aromatic rings.